The second-order valence-electron chi connectivity index (χ2n) is 4.70. The lowest BCUT2D eigenvalue weighted by Crippen LogP contribution is -2.13. The Morgan fingerprint density at radius 3 is 2.52 bits per heavy atom. The maximum Gasteiger partial charge on any atom is 0.255 e. The summed E-state index contributed by atoms with van der Waals surface area (Å²) in [4.78, 5) is 29.4. The van der Waals surface area contributed by atoms with Crippen LogP contribution in [-0.2, 0) is 4.79 Å². The van der Waals surface area contributed by atoms with Gasteiger partial charge in [0.15, 0.2) is 5.13 Å². The van der Waals surface area contributed by atoms with E-state index >= 15 is 0 Å². The molecule has 25 heavy (non-hydrogen) atoms. The Balaban J connectivity index is 0.000000236. The van der Waals surface area contributed by atoms with E-state index in [9.17, 15) is 14.0 Å². The molecule has 6 nitrogen and oxygen atoms in total. The first-order valence-corrected chi connectivity index (χ1v) is 8.06. The SMILES string of the molecule is Cc1ncccc1NC(=O)c1ccc(F)cc1.O=CNc1nccs1. The topological polar surface area (TPSA) is 84.0 Å². The van der Waals surface area contributed by atoms with Crippen LogP contribution in [0.5, 0.6) is 0 Å². The minimum Gasteiger partial charge on any atom is -0.320 e. The molecule has 0 aliphatic heterocycles. The summed E-state index contributed by atoms with van der Waals surface area (Å²) in [6, 6.07) is 8.90. The highest BCUT2D eigenvalue weighted by Gasteiger charge is 2.07. The van der Waals surface area contributed by atoms with E-state index in [0.717, 1.165) is 5.69 Å². The largest absolute Gasteiger partial charge is 0.320 e. The van der Waals surface area contributed by atoms with Crippen LogP contribution in [0.1, 0.15) is 16.1 Å². The summed E-state index contributed by atoms with van der Waals surface area (Å²) in [7, 11) is 0. The summed E-state index contributed by atoms with van der Waals surface area (Å²) < 4.78 is 12.7. The summed E-state index contributed by atoms with van der Waals surface area (Å²) >= 11 is 1.39. The van der Waals surface area contributed by atoms with Gasteiger partial charge in [0.05, 0.1) is 11.4 Å². The molecule has 2 heterocycles. The lowest BCUT2D eigenvalue weighted by Gasteiger charge is -2.07. The van der Waals surface area contributed by atoms with E-state index in [2.05, 4.69) is 20.6 Å². The molecule has 0 atom stereocenters. The second-order valence-corrected chi connectivity index (χ2v) is 5.59. The summed E-state index contributed by atoms with van der Waals surface area (Å²) in [6.07, 6.45) is 3.90. The number of halogens is 1. The number of hydrogen-bond acceptors (Lipinski definition) is 5. The van der Waals surface area contributed by atoms with Crippen LogP contribution in [0.25, 0.3) is 0 Å². The minimum atomic E-state index is -0.362. The van der Waals surface area contributed by atoms with Crippen molar-refractivity contribution in [1.82, 2.24) is 9.97 Å². The Kier molecular flexibility index (Phi) is 6.73. The van der Waals surface area contributed by atoms with Gasteiger partial charge in [-0.05, 0) is 43.3 Å². The van der Waals surface area contributed by atoms with Crippen molar-refractivity contribution >= 4 is 34.5 Å². The Morgan fingerprint density at radius 2 is 1.92 bits per heavy atom. The highest BCUT2D eigenvalue weighted by Crippen LogP contribution is 2.12. The van der Waals surface area contributed by atoms with E-state index in [1.165, 1.54) is 35.6 Å². The molecule has 0 unspecified atom stereocenters. The molecule has 0 aliphatic carbocycles. The van der Waals surface area contributed by atoms with Gasteiger partial charge in [-0.1, -0.05) is 0 Å². The highest BCUT2D eigenvalue weighted by molar-refractivity contribution is 7.13. The minimum absolute atomic E-state index is 0.277. The predicted molar refractivity (Wildman–Crippen MR) is 95.1 cm³/mol. The van der Waals surface area contributed by atoms with Gasteiger partial charge >= 0.3 is 0 Å². The standard InChI is InChI=1S/C13H11FN2O.C4H4N2OS/c1-9-12(3-2-8-15-9)16-13(17)10-4-6-11(14)7-5-10;7-3-6-4-5-1-2-8-4/h2-8H,1H3,(H,16,17);1-3H,(H,5,6,7). The van der Waals surface area contributed by atoms with Crippen LogP contribution in [0.3, 0.4) is 0 Å². The number of thiazole rings is 1. The first-order valence-electron chi connectivity index (χ1n) is 7.18. The zero-order chi connectivity index (χ0) is 18.1. The summed E-state index contributed by atoms with van der Waals surface area (Å²) in [5, 5.41) is 7.57. The third-order valence-corrected chi connectivity index (χ3v) is 3.68. The van der Waals surface area contributed by atoms with Crippen LogP contribution in [-0.4, -0.2) is 22.3 Å². The molecule has 0 aliphatic rings. The maximum atomic E-state index is 12.7. The molecule has 0 bridgehead atoms. The molecule has 8 heteroatoms. The fourth-order valence-electron chi connectivity index (χ4n) is 1.76. The smallest absolute Gasteiger partial charge is 0.255 e. The molecule has 0 radical (unpaired) electrons. The summed E-state index contributed by atoms with van der Waals surface area (Å²) in [5.74, 6) is -0.639. The van der Waals surface area contributed by atoms with E-state index in [4.69, 9.17) is 0 Å². The first kappa shape index (κ1) is 18.2. The number of aryl methyl sites for hydroxylation is 1. The number of hydrogen-bond donors (Lipinski definition) is 2. The molecule has 1 aromatic carbocycles. The van der Waals surface area contributed by atoms with E-state index in [1.807, 2.05) is 0 Å². The predicted octanol–water partition coefficient (Wildman–Crippen LogP) is 3.49. The number of amides is 2. The molecule has 0 fully saturated rings. The molecule has 0 saturated heterocycles. The fourth-order valence-corrected chi connectivity index (χ4v) is 2.25. The van der Waals surface area contributed by atoms with E-state index in [0.29, 0.717) is 22.8 Å². The van der Waals surface area contributed by atoms with Crippen LogP contribution in [0, 0.1) is 12.7 Å². The van der Waals surface area contributed by atoms with Gasteiger partial charge in [-0.2, -0.15) is 0 Å². The number of pyridine rings is 1. The highest BCUT2D eigenvalue weighted by atomic mass is 32.1. The molecular weight excluding hydrogens is 343 g/mol. The van der Waals surface area contributed by atoms with Crippen molar-refractivity contribution in [3.63, 3.8) is 0 Å². The van der Waals surface area contributed by atoms with Crippen molar-refractivity contribution in [3.8, 4) is 0 Å². The lowest BCUT2D eigenvalue weighted by atomic mass is 10.2. The van der Waals surface area contributed by atoms with Gasteiger partial charge in [-0.25, -0.2) is 9.37 Å². The zero-order valence-corrected chi connectivity index (χ0v) is 14.1. The Bertz CT molecular complexity index is 823. The third kappa shape index (κ3) is 5.78. The molecule has 3 aromatic rings. The van der Waals surface area contributed by atoms with Crippen LogP contribution in [0.4, 0.5) is 15.2 Å². The quantitative estimate of drug-likeness (QED) is 0.699. The average Bonchev–Trinajstić information content (AvgIpc) is 3.12. The molecular formula is C17H15FN4O2S. The summed E-state index contributed by atoms with van der Waals surface area (Å²) in [5.41, 5.74) is 1.81. The van der Waals surface area contributed by atoms with Gasteiger partial charge in [0.1, 0.15) is 5.82 Å². The van der Waals surface area contributed by atoms with Gasteiger partial charge in [0.2, 0.25) is 6.41 Å². The van der Waals surface area contributed by atoms with Crippen molar-refractivity contribution in [2.24, 2.45) is 0 Å². The van der Waals surface area contributed by atoms with Crippen molar-refractivity contribution in [2.75, 3.05) is 10.6 Å². The zero-order valence-electron chi connectivity index (χ0n) is 13.3. The Morgan fingerprint density at radius 1 is 1.16 bits per heavy atom. The first-order chi connectivity index (χ1) is 12.1. The van der Waals surface area contributed by atoms with Gasteiger partial charge in [-0.15, -0.1) is 11.3 Å². The molecule has 2 N–H and O–H groups in total. The number of benzene rings is 1. The van der Waals surface area contributed by atoms with Gasteiger partial charge in [0.25, 0.3) is 5.91 Å². The third-order valence-electron chi connectivity index (χ3n) is 2.98. The monoisotopic (exact) mass is 358 g/mol. The number of aromatic nitrogens is 2. The second kappa shape index (κ2) is 9.24. The number of carbonyl (C=O) groups is 2. The van der Waals surface area contributed by atoms with Crippen molar-refractivity contribution in [2.45, 2.75) is 6.92 Å². The van der Waals surface area contributed by atoms with E-state index in [-0.39, 0.29) is 11.7 Å². The molecule has 128 valence electrons. The van der Waals surface area contributed by atoms with Gasteiger partial charge < -0.3 is 10.6 Å². The summed E-state index contributed by atoms with van der Waals surface area (Å²) in [6.45, 7) is 1.81. The molecule has 2 aromatic heterocycles. The maximum absolute atomic E-state index is 12.7. The Hall–Kier alpha value is -3.13. The van der Waals surface area contributed by atoms with Crippen molar-refractivity contribution < 1.29 is 14.0 Å². The van der Waals surface area contributed by atoms with Crippen LogP contribution < -0.4 is 10.6 Å². The van der Waals surface area contributed by atoms with Crippen LogP contribution in [0.2, 0.25) is 0 Å². The number of anilines is 2. The lowest BCUT2D eigenvalue weighted by molar-refractivity contribution is -0.105. The molecule has 0 saturated carbocycles. The normalized spacial score (nSPS) is 9.52. The molecule has 0 spiro atoms. The Labute approximate surface area is 147 Å². The number of nitrogens with zero attached hydrogens (tertiary/aromatic N) is 2. The average molecular weight is 358 g/mol. The number of rotatable bonds is 4. The van der Waals surface area contributed by atoms with Gasteiger partial charge in [0, 0.05) is 23.3 Å². The van der Waals surface area contributed by atoms with E-state index in [1.54, 1.807) is 36.8 Å². The molecule has 3 rings (SSSR count). The molecule has 2 amide bonds. The van der Waals surface area contributed by atoms with Crippen LogP contribution >= 0.6 is 11.3 Å². The number of nitrogens with one attached hydrogen (secondary N) is 2. The fraction of sp³-hybridized carbons (Fsp3) is 0.0588. The number of carbonyl (C=O) groups excluding carboxylic acids is 2. The van der Waals surface area contributed by atoms with E-state index < -0.39 is 0 Å². The van der Waals surface area contributed by atoms with Crippen molar-refractivity contribution in [3.05, 3.63) is 71.2 Å². The van der Waals surface area contributed by atoms with Crippen molar-refractivity contribution in [1.29, 1.82) is 0 Å². The van der Waals surface area contributed by atoms with Gasteiger partial charge in [-0.3, -0.25) is 14.6 Å². The van der Waals surface area contributed by atoms with Crippen LogP contribution in [0.15, 0.2) is 54.2 Å².